The van der Waals surface area contributed by atoms with Gasteiger partial charge in [-0.3, -0.25) is 0 Å². The first-order valence-corrected chi connectivity index (χ1v) is 4.22. The molecule has 17 heavy (non-hydrogen) atoms. The van der Waals surface area contributed by atoms with Crippen LogP contribution >= 0.6 is 0 Å². The summed E-state index contributed by atoms with van der Waals surface area (Å²) < 4.78 is 47.0. The number of esters is 1. The molecule has 0 aromatic carbocycles. The SMILES string of the molecule is COC(=O)N1N=NCC1(C(=O)OC)C(F)(F)F. The van der Waals surface area contributed by atoms with Crippen LogP contribution in [0.25, 0.3) is 0 Å². The molecular weight excluding hydrogens is 247 g/mol. The van der Waals surface area contributed by atoms with Gasteiger partial charge in [-0.15, -0.1) is 0 Å². The predicted octanol–water partition coefficient (Wildman–Crippen LogP) is 0.910. The van der Waals surface area contributed by atoms with E-state index in [-0.39, 0.29) is 5.01 Å². The molecule has 0 fully saturated rings. The van der Waals surface area contributed by atoms with Crippen LogP contribution in [0.5, 0.6) is 0 Å². The van der Waals surface area contributed by atoms with Gasteiger partial charge >= 0.3 is 18.2 Å². The number of halogens is 3. The first-order valence-electron chi connectivity index (χ1n) is 4.22. The van der Waals surface area contributed by atoms with Gasteiger partial charge in [-0.2, -0.15) is 23.3 Å². The topological polar surface area (TPSA) is 80.6 Å². The van der Waals surface area contributed by atoms with Crippen molar-refractivity contribution in [3.8, 4) is 0 Å². The monoisotopic (exact) mass is 255 g/mol. The Balaban J connectivity index is 3.25. The smallest absolute Gasteiger partial charge is 0.433 e. The normalized spacial score (nSPS) is 23.7. The van der Waals surface area contributed by atoms with Crippen molar-refractivity contribution in [1.29, 1.82) is 0 Å². The first kappa shape index (κ1) is 13.2. The Hall–Kier alpha value is -1.87. The van der Waals surface area contributed by atoms with Crippen LogP contribution < -0.4 is 0 Å². The molecule has 0 spiro atoms. The number of nitrogens with zero attached hydrogens (tertiary/aromatic N) is 3. The Morgan fingerprint density at radius 1 is 1.29 bits per heavy atom. The quantitative estimate of drug-likeness (QED) is 0.652. The minimum Gasteiger partial charge on any atom is -0.467 e. The highest BCUT2D eigenvalue weighted by atomic mass is 19.4. The maximum atomic E-state index is 12.9. The molecule has 1 aliphatic rings. The van der Waals surface area contributed by atoms with E-state index in [0.29, 0.717) is 0 Å². The van der Waals surface area contributed by atoms with Crippen LogP contribution in [0.2, 0.25) is 0 Å². The number of alkyl halides is 3. The van der Waals surface area contributed by atoms with Gasteiger partial charge in [0.15, 0.2) is 0 Å². The number of hydrogen-bond donors (Lipinski definition) is 0. The fourth-order valence-corrected chi connectivity index (χ4v) is 1.26. The van der Waals surface area contributed by atoms with Crippen LogP contribution in [-0.2, 0) is 14.3 Å². The molecule has 1 heterocycles. The second kappa shape index (κ2) is 4.18. The van der Waals surface area contributed by atoms with Crippen molar-refractivity contribution in [2.75, 3.05) is 20.8 Å². The van der Waals surface area contributed by atoms with Gasteiger partial charge in [0.2, 0.25) is 0 Å². The van der Waals surface area contributed by atoms with Crippen LogP contribution in [0.3, 0.4) is 0 Å². The standard InChI is InChI=1S/C7H8F3N3O4/c1-16-4(14)6(7(8,9)10)3-11-12-13(6)5(15)17-2/h3H2,1-2H3. The van der Waals surface area contributed by atoms with Crippen LogP contribution in [0.4, 0.5) is 18.0 Å². The lowest BCUT2D eigenvalue weighted by Crippen LogP contribution is -2.64. The van der Waals surface area contributed by atoms with E-state index in [9.17, 15) is 22.8 Å². The average Bonchev–Trinajstić information content (AvgIpc) is 2.71. The largest absolute Gasteiger partial charge is 0.467 e. The zero-order chi connectivity index (χ0) is 13.3. The summed E-state index contributed by atoms with van der Waals surface area (Å²) in [6, 6.07) is 0. The highest BCUT2D eigenvalue weighted by Gasteiger charge is 2.70. The molecule has 0 saturated carbocycles. The third-order valence-corrected chi connectivity index (χ3v) is 2.15. The molecular formula is C7H8F3N3O4. The summed E-state index contributed by atoms with van der Waals surface area (Å²) >= 11 is 0. The molecule has 0 bridgehead atoms. The van der Waals surface area contributed by atoms with Crippen molar-refractivity contribution >= 4 is 12.1 Å². The summed E-state index contributed by atoms with van der Waals surface area (Å²) in [5, 5.41) is 5.84. The molecule has 1 amide bonds. The highest BCUT2D eigenvalue weighted by molar-refractivity contribution is 5.87. The molecule has 0 saturated heterocycles. The van der Waals surface area contributed by atoms with Crippen LogP contribution in [0, 0.1) is 0 Å². The van der Waals surface area contributed by atoms with Gasteiger partial charge in [-0.25, -0.2) is 9.59 Å². The van der Waals surface area contributed by atoms with E-state index in [1.165, 1.54) is 0 Å². The molecule has 1 rings (SSSR count). The number of carbonyl (C=O) groups excluding carboxylic acids is 2. The van der Waals surface area contributed by atoms with Gasteiger partial charge in [0.25, 0.3) is 5.54 Å². The van der Waals surface area contributed by atoms with Crippen molar-refractivity contribution < 1.29 is 32.2 Å². The van der Waals surface area contributed by atoms with Gasteiger partial charge in [0.1, 0.15) is 6.54 Å². The number of methoxy groups -OCH3 is 2. The number of hydrogen-bond acceptors (Lipinski definition) is 6. The summed E-state index contributed by atoms with van der Waals surface area (Å²) in [6.45, 7) is -1.06. The minimum absolute atomic E-state index is 0.168. The van der Waals surface area contributed by atoms with Gasteiger partial charge in [-0.1, -0.05) is 5.22 Å². The lowest BCUT2D eigenvalue weighted by atomic mass is 9.99. The lowest BCUT2D eigenvalue weighted by Gasteiger charge is -2.32. The van der Waals surface area contributed by atoms with Crippen LogP contribution in [0.1, 0.15) is 0 Å². The maximum absolute atomic E-state index is 12.9. The summed E-state index contributed by atoms with van der Waals surface area (Å²) in [4.78, 5) is 22.4. The molecule has 7 nitrogen and oxygen atoms in total. The molecule has 0 radical (unpaired) electrons. The Kier molecular flexibility index (Phi) is 3.25. The Bertz CT molecular complexity index is 370. The van der Waals surface area contributed by atoms with E-state index in [1.54, 1.807) is 0 Å². The van der Waals surface area contributed by atoms with Crippen molar-refractivity contribution in [2.24, 2.45) is 10.3 Å². The Morgan fingerprint density at radius 2 is 1.88 bits per heavy atom. The molecule has 10 heteroatoms. The second-order valence-electron chi connectivity index (χ2n) is 3.02. The number of carbonyl (C=O) groups is 2. The second-order valence-corrected chi connectivity index (χ2v) is 3.02. The lowest BCUT2D eigenvalue weighted by molar-refractivity contribution is -0.226. The highest BCUT2D eigenvalue weighted by Crippen LogP contribution is 2.40. The van der Waals surface area contributed by atoms with E-state index in [4.69, 9.17) is 0 Å². The molecule has 1 unspecified atom stereocenters. The average molecular weight is 255 g/mol. The van der Waals surface area contributed by atoms with Gasteiger partial charge in [0.05, 0.1) is 14.2 Å². The van der Waals surface area contributed by atoms with Gasteiger partial charge < -0.3 is 9.47 Å². The molecule has 1 aliphatic heterocycles. The molecule has 0 aliphatic carbocycles. The minimum atomic E-state index is -5.09. The first-order chi connectivity index (χ1) is 7.81. The van der Waals surface area contributed by atoms with E-state index >= 15 is 0 Å². The summed E-state index contributed by atoms with van der Waals surface area (Å²) in [5.74, 6) is -1.68. The third kappa shape index (κ3) is 1.78. The summed E-state index contributed by atoms with van der Waals surface area (Å²) in [5.41, 5.74) is -3.26. The number of ether oxygens (including phenoxy) is 2. The van der Waals surface area contributed by atoms with Crippen molar-refractivity contribution in [2.45, 2.75) is 11.7 Å². The van der Waals surface area contributed by atoms with E-state index < -0.39 is 30.3 Å². The van der Waals surface area contributed by atoms with Crippen molar-refractivity contribution in [3.05, 3.63) is 0 Å². The van der Waals surface area contributed by atoms with Crippen molar-refractivity contribution in [1.82, 2.24) is 5.01 Å². The summed E-state index contributed by atoms with van der Waals surface area (Å²) in [7, 11) is 1.62. The predicted molar refractivity (Wildman–Crippen MR) is 44.8 cm³/mol. The van der Waals surface area contributed by atoms with Crippen LogP contribution in [0.15, 0.2) is 10.3 Å². The maximum Gasteiger partial charge on any atom is 0.433 e. The zero-order valence-corrected chi connectivity index (χ0v) is 8.82. The van der Waals surface area contributed by atoms with Crippen LogP contribution in [-0.4, -0.2) is 49.6 Å². The van der Waals surface area contributed by atoms with E-state index in [1.807, 2.05) is 0 Å². The fourth-order valence-electron chi connectivity index (χ4n) is 1.26. The molecule has 0 aromatic rings. The number of rotatable bonds is 1. The fraction of sp³-hybridized carbons (Fsp3) is 0.714. The van der Waals surface area contributed by atoms with E-state index in [0.717, 1.165) is 14.2 Å². The molecule has 0 aromatic heterocycles. The number of amides is 1. The Morgan fingerprint density at radius 3 is 2.29 bits per heavy atom. The molecule has 96 valence electrons. The molecule has 0 N–H and O–H groups in total. The Labute approximate surface area is 93.1 Å². The van der Waals surface area contributed by atoms with Crippen molar-refractivity contribution in [3.63, 3.8) is 0 Å². The third-order valence-electron chi connectivity index (χ3n) is 2.15. The molecule has 1 atom stereocenters. The summed E-state index contributed by atoms with van der Waals surface area (Å²) in [6.07, 6.45) is -6.54. The van der Waals surface area contributed by atoms with Gasteiger partial charge in [-0.05, 0) is 0 Å². The van der Waals surface area contributed by atoms with E-state index in [2.05, 4.69) is 19.8 Å². The van der Waals surface area contributed by atoms with Gasteiger partial charge in [0, 0.05) is 0 Å². The zero-order valence-electron chi connectivity index (χ0n) is 8.82.